The van der Waals surface area contributed by atoms with Crippen LogP contribution in [0.1, 0.15) is 16.7 Å². The first-order valence-electron chi connectivity index (χ1n) is 11.5. The number of ether oxygens (including phenoxy) is 2. The predicted octanol–water partition coefficient (Wildman–Crippen LogP) is 3.25. The largest absolute Gasteiger partial charge is 0.497 e. The minimum absolute atomic E-state index is 0.0666. The monoisotopic (exact) mass is 548 g/mol. The third kappa shape index (κ3) is 8.01. The second-order valence-electron chi connectivity index (χ2n) is 8.58. The van der Waals surface area contributed by atoms with Crippen molar-refractivity contribution in [3.63, 3.8) is 0 Å². The molecule has 0 spiro atoms. The first kappa shape index (κ1) is 28.6. The zero-order chi connectivity index (χ0) is 27.1. The Morgan fingerprint density at radius 1 is 0.784 bits per heavy atom. The molecule has 0 aliphatic carbocycles. The van der Waals surface area contributed by atoms with Crippen molar-refractivity contribution in [3.05, 3.63) is 89.5 Å². The lowest BCUT2D eigenvalue weighted by molar-refractivity contribution is 0.375. The lowest BCUT2D eigenvalue weighted by Gasteiger charge is -2.33. The van der Waals surface area contributed by atoms with Gasteiger partial charge >= 0.3 is 0 Å². The van der Waals surface area contributed by atoms with E-state index in [1.165, 1.54) is 12.1 Å². The molecule has 2 N–H and O–H groups in total. The summed E-state index contributed by atoms with van der Waals surface area (Å²) in [5.74, 6) is 1.50. The van der Waals surface area contributed by atoms with Crippen molar-refractivity contribution in [2.75, 3.05) is 27.3 Å². The number of benzene rings is 3. The van der Waals surface area contributed by atoms with Crippen LogP contribution in [0.3, 0.4) is 0 Å². The molecule has 0 unspecified atom stereocenters. The fourth-order valence-corrected chi connectivity index (χ4v) is 5.72. The number of aryl methyl sites for hydroxylation is 1. The van der Waals surface area contributed by atoms with E-state index in [-0.39, 0.29) is 10.1 Å². The lowest BCUT2D eigenvalue weighted by Crippen LogP contribution is -2.55. The van der Waals surface area contributed by atoms with Crippen LogP contribution in [0.25, 0.3) is 0 Å². The number of hydrogen-bond acceptors (Lipinski definition) is 7. The molecule has 200 valence electrons. The Morgan fingerprint density at radius 2 is 1.22 bits per heavy atom. The summed E-state index contributed by atoms with van der Waals surface area (Å²) in [7, 11) is -4.18. The minimum atomic E-state index is -4.02. The summed E-state index contributed by atoms with van der Waals surface area (Å²) in [6.07, 6.45) is 0. The summed E-state index contributed by atoms with van der Waals surface area (Å²) in [5.41, 5.74) is 2.81. The molecule has 0 amide bonds. The van der Waals surface area contributed by atoms with Crippen LogP contribution in [-0.2, 0) is 33.2 Å². The normalized spacial score (nSPS) is 13.9. The second kappa shape index (κ2) is 12.5. The average Bonchev–Trinajstić information content (AvgIpc) is 2.83. The molecular formula is C26H32N2O7S2. The highest BCUT2D eigenvalue weighted by Crippen LogP contribution is 2.22. The SMILES string of the molecule is COc1ccc(CN(Cc2ccc(OC)cc2)S(=O)(=O)C2CNC2)cc1.Cc1ccc(S(=O)(=O)O)cc1. The van der Waals surface area contributed by atoms with Crippen molar-refractivity contribution in [3.8, 4) is 11.5 Å². The molecule has 0 atom stereocenters. The zero-order valence-corrected chi connectivity index (χ0v) is 22.6. The van der Waals surface area contributed by atoms with Crippen LogP contribution in [0.4, 0.5) is 0 Å². The predicted molar refractivity (Wildman–Crippen MR) is 142 cm³/mol. The van der Waals surface area contributed by atoms with Gasteiger partial charge in [0.25, 0.3) is 10.1 Å². The van der Waals surface area contributed by atoms with Gasteiger partial charge in [0.15, 0.2) is 0 Å². The van der Waals surface area contributed by atoms with Gasteiger partial charge in [-0.25, -0.2) is 8.42 Å². The van der Waals surface area contributed by atoms with Gasteiger partial charge in [0.1, 0.15) is 16.7 Å². The third-order valence-electron chi connectivity index (χ3n) is 5.88. The van der Waals surface area contributed by atoms with Crippen LogP contribution < -0.4 is 14.8 Å². The van der Waals surface area contributed by atoms with Crippen LogP contribution >= 0.6 is 0 Å². The van der Waals surface area contributed by atoms with Gasteiger partial charge in [0, 0.05) is 26.2 Å². The minimum Gasteiger partial charge on any atom is -0.497 e. The molecule has 1 aliphatic heterocycles. The summed E-state index contributed by atoms with van der Waals surface area (Å²) < 4.78 is 67.5. The van der Waals surface area contributed by atoms with Crippen LogP contribution in [0, 0.1) is 6.92 Å². The maximum Gasteiger partial charge on any atom is 0.294 e. The number of nitrogens with zero attached hydrogens (tertiary/aromatic N) is 1. The van der Waals surface area contributed by atoms with Gasteiger partial charge in [-0.3, -0.25) is 4.55 Å². The van der Waals surface area contributed by atoms with E-state index in [0.717, 1.165) is 28.2 Å². The van der Waals surface area contributed by atoms with Gasteiger partial charge in [-0.05, 0) is 54.4 Å². The van der Waals surface area contributed by atoms with E-state index in [1.807, 2.05) is 55.5 Å². The maximum atomic E-state index is 13.0. The quantitative estimate of drug-likeness (QED) is 0.391. The van der Waals surface area contributed by atoms with E-state index >= 15 is 0 Å². The van der Waals surface area contributed by atoms with Gasteiger partial charge in [-0.15, -0.1) is 0 Å². The highest BCUT2D eigenvalue weighted by molar-refractivity contribution is 7.89. The van der Waals surface area contributed by atoms with E-state index in [2.05, 4.69) is 5.32 Å². The van der Waals surface area contributed by atoms with Crippen LogP contribution in [0.2, 0.25) is 0 Å². The molecule has 1 fully saturated rings. The Bertz CT molecular complexity index is 1300. The summed E-state index contributed by atoms with van der Waals surface area (Å²) in [4.78, 5) is -0.0666. The molecule has 0 bridgehead atoms. The number of sulfonamides is 1. The number of rotatable bonds is 9. The molecule has 1 saturated heterocycles. The summed E-state index contributed by atoms with van der Waals surface area (Å²) in [6, 6.07) is 21.0. The van der Waals surface area contributed by atoms with Crippen molar-refractivity contribution in [1.82, 2.24) is 9.62 Å². The molecule has 9 nitrogen and oxygen atoms in total. The average molecular weight is 549 g/mol. The van der Waals surface area contributed by atoms with Gasteiger partial charge in [-0.1, -0.05) is 42.0 Å². The standard InChI is InChI=1S/C19H24N2O4S.C7H8O3S/c1-24-17-7-3-15(4-8-17)13-21(26(22,23)19-11-20-12-19)14-16-5-9-18(25-2)10-6-16;1-6-2-4-7(5-3-6)11(8,9)10/h3-10,19-20H,11-14H2,1-2H3;2-5H,1H3,(H,8,9,10). The Kier molecular flexibility index (Phi) is 9.68. The Balaban J connectivity index is 0.000000289. The van der Waals surface area contributed by atoms with Crippen LogP contribution in [-0.4, -0.2) is 58.3 Å². The highest BCUT2D eigenvalue weighted by atomic mass is 32.2. The molecule has 3 aromatic carbocycles. The fourth-order valence-electron chi connectivity index (χ4n) is 3.50. The van der Waals surface area contributed by atoms with E-state index in [0.29, 0.717) is 26.2 Å². The topological polar surface area (TPSA) is 122 Å². The highest BCUT2D eigenvalue weighted by Gasteiger charge is 2.36. The number of methoxy groups -OCH3 is 2. The van der Waals surface area contributed by atoms with Gasteiger partial charge in [-0.2, -0.15) is 12.7 Å². The molecule has 37 heavy (non-hydrogen) atoms. The summed E-state index contributed by atoms with van der Waals surface area (Å²) >= 11 is 0. The van der Waals surface area contributed by atoms with E-state index in [9.17, 15) is 16.8 Å². The molecular weight excluding hydrogens is 516 g/mol. The molecule has 3 aromatic rings. The van der Waals surface area contributed by atoms with Crippen molar-refractivity contribution in [2.24, 2.45) is 0 Å². The van der Waals surface area contributed by atoms with Crippen molar-refractivity contribution >= 4 is 20.1 Å². The first-order chi connectivity index (χ1) is 17.5. The zero-order valence-electron chi connectivity index (χ0n) is 21.0. The fraction of sp³-hybridized carbons (Fsp3) is 0.308. The molecule has 1 aliphatic rings. The van der Waals surface area contributed by atoms with E-state index in [4.69, 9.17) is 14.0 Å². The molecule has 0 saturated carbocycles. The van der Waals surface area contributed by atoms with Crippen LogP contribution in [0.15, 0.2) is 77.7 Å². The first-order valence-corrected chi connectivity index (χ1v) is 14.5. The van der Waals surface area contributed by atoms with Gasteiger partial charge in [0.2, 0.25) is 10.0 Å². The Hall–Kier alpha value is -2.96. The van der Waals surface area contributed by atoms with E-state index in [1.54, 1.807) is 30.7 Å². The van der Waals surface area contributed by atoms with Crippen molar-refractivity contribution < 1.29 is 30.9 Å². The smallest absolute Gasteiger partial charge is 0.294 e. The number of hydrogen-bond donors (Lipinski definition) is 2. The Morgan fingerprint density at radius 3 is 1.54 bits per heavy atom. The summed E-state index contributed by atoms with van der Waals surface area (Å²) in [5, 5.41) is 2.68. The van der Waals surface area contributed by atoms with E-state index < -0.39 is 20.1 Å². The molecule has 0 radical (unpaired) electrons. The van der Waals surface area contributed by atoms with Gasteiger partial charge < -0.3 is 14.8 Å². The summed E-state index contributed by atoms with van der Waals surface area (Å²) in [6.45, 7) is 3.51. The second-order valence-corrected chi connectivity index (χ2v) is 12.2. The van der Waals surface area contributed by atoms with Crippen molar-refractivity contribution in [2.45, 2.75) is 30.2 Å². The Labute approximate surface area is 218 Å². The maximum absolute atomic E-state index is 13.0. The third-order valence-corrected chi connectivity index (χ3v) is 8.90. The number of nitrogens with one attached hydrogen (secondary N) is 1. The molecule has 11 heteroatoms. The molecule has 0 aromatic heterocycles. The van der Waals surface area contributed by atoms with Crippen LogP contribution in [0.5, 0.6) is 11.5 Å². The molecule has 1 heterocycles. The van der Waals surface area contributed by atoms with Gasteiger partial charge in [0.05, 0.1) is 19.1 Å². The molecule has 4 rings (SSSR count). The van der Waals surface area contributed by atoms with Crippen molar-refractivity contribution in [1.29, 1.82) is 0 Å². The lowest BCUT2D eigenvalue weighted by atomic mass is 10.2.